The number of anilines is 1. The zero-order valence-electron chi connectivity index (χ0n) is 13.0. The zero-order valence-corrected chi connectivity index (χ0v) is 13.0. The number of piperazine rings is 1. The maximum atomic E-state index is 12.3. The van der Waals surface area contributed by atoms with E-state index in [1.807, 2.05) is 4.90 Å². The smallest absolute Gasteiger partial charge is 0.371 e. The zero-order chi connectivity index (χ0) is 17.1. The lowest BCUT2D eigenvalue weighted by atomic mass is 10.3. The normalized spacial score (nSPS) is 14.5. The van der Waals surface area contributed by atoms with Gasteiger partial charge in [0.05, 0.1) is 7.11 Å². The molecule has 0 spiro atoms. The summed E-state index contributed by atoms with van der Waals surface area (Å²) >= 11 is 0. The van der Waals surface area contributed by atoms with Gasteiger partial charge in [0.2, 0.25) is 17.6 Å². The average Bonchev–Trinajstić information content (AvgIpc) is 3.12. The number of hydrogen-bond donors (Lipinski definition) is 1. The monoisotopic (exact) mass is 332 g/mol. The predicted octanol–water partition coefficient (Wildman–Crippen LogP) is 0.739. The summed E-state index contributed by atoms with van der Waals surface area (Å²) in [7, 11) is 1.54. The molecule has 0 radical (unpaired) electrons. The third-order valence-electron chi connectivity index (χ3n) is 3.70. The topological polar surface area (TPSA) is 109 Å². The highest BCUT2D eigenvalue weighted by molar-refractivity contribution is 5.93. The lowest BCUT2D eigenvalue weighted by Crippen LogP contribution is -2.49. The van der Waals surface area contributed by atoms with Crippen molar-refractivity contribution >= 4 is 17.8 Å². The number of carbonyl (C=O) groups is 2. The maximum absolute atomic E-state index is 12.3. The van der Waals surface area contributed by atoms with Gasteiger partial charge in [0.25, 0.3) is 5.91 Å². The van der Waals surface area contributed by atoms with Gasteiger partial charge in [-0.15, -0.1) is 0 Å². The number of hydrogen-bond acceptors (Lipinski definition) is 7. The summed E-state index contributed by atoms with van der Waals surface area (Å²) in [6.07, 6.45) is 1.62. The molecule has 1 aliphatic rings. The number of carboxylic acid groups (broad SMARTS) is 1. The van der Waals surface area contributed by atoms with E-state index in [0.717, 1.165) is 0 Å². The van der Waals surface area contributed by atoms with Crippen molar-refractivity contribution < 1.29 is 23.8 Å². The molecule has 0 unspecified atom stereocenters. The largest absolute Gasteiger partial charge is 0.481 e. The molecule has 9 heteroatoms. The summed E-state index contributed by atoms with van der Waals surface area (Å²) < 4.78 is 10.1. The Morgan fingerprint density at radius 1 is 1.17 bits per heavy atom. The van der Waals surface area contributed by atoms with E-state index in [-0.39, 0.29) is 17.4 Å². The summed E-state index contributed by atoms with van der Waals surface area (Å²) in [5.74, 6) is -0.717. The van der Waals surface area contributed by atoms with Gasteiger partial charge in [0.15, 0.2) is 5.76 Å². The average molecular weight is 332 g/mol. The Morgan fingerprint density at radius 3 is 2.50 bits per heavy atom. The first kappa shape index (κ1) is 15.8. The molecule has 0 aliphatic carbocycles. The van der Waals surface area contributed by atoms with Gasteiger partial charge in [-0.1, -0.05) is 0 Å². The summed E-state index contributed by atoms with van der Waals surface area (Å²) in [5.41, 5.74) is 0. The Hall–Kier alpha value is -3.10. The second kappa shape index (κ2) is 6.57. The molecule has 126 valence electrons. The SMILES string of the molecule is COc1ccnc(N2CCN(C(=O)c3ccc(C(=O)O)o3)CC2)n1. The lowest BCUT2D eigenvalue weighted by Gasteiger charge is -2.34. The first-order chi connectivity index (χ1) is 11.6. The van der Waals surface area contributed by atoms with Crippen LogP contribution in [0.25, 0.3) is 0 Å². The minimum absolute atomic E-state index is 0.0264. The van der Waals surface area contributed by atoms with E-state index in [1.54, 1.807) is 17.2 Å². The highest BCUT2D eigenvalue weighted by Crippen LogP contribution is 2.17. The van der Waals surface area contributed by atoms with Crippen LogP contribution in [-0.4, -0.2) is 65.1 Å². The number of amides is 1. The van der Waals surface area contributed by atoms with Gasteiger partial charge in [-0.2, -0.15) is 4.98 Å². The highest BCUT2D eigenvalue weighted by Gasteiger charge is 2.26. The van der Waals surface area contributed by atoms with Gasteiger partial charge in [0.1, 0.15) is 0 Å². The van der Waals surface area contributed by atoms with Crippen molar-refractivity contribution in [1.29, 1.82) is 0 Å². The molecule has 3 rings (SSSR count). The van der Waals surface area contributed by atoms with Gasteiger partial charge in [-0.3, -0.25) is 4.79 Å². The standard InChI is InChI=1S/C15H16N4O5/c1-23-12-4-5-16-15(17-12)19-8-6-18(7-9-19)13(20)10-2-3-11(24-10)14(21)22/h2-5H,6-9H2,1H3,(H,21,22). The van der Waals surface area contributed by atoms with E-state index >= 15 is 0 Å². The molecule has 2 aromatic heterocycles. The van der Waals surface area contributed by atoms with Gasteiger partial charge >= 0.3 is 5.97 Å². The molecule has 1 aliphatic heterocycles. The van der Waals surface area contributed by atoms with Crippen molar-refractivity contribution in [3.8, 4) is 5.88 Å². The van der Waals surface area contributed by atoms with Crippen LogP contribution in [0.5, 0.6) is 5.88 Å². The number of methoxy groups -OCH3 is 1. The van der Waals surface area contributed by atoms with Crippen molar-refractivity contribution in [3.63, 3.8) is 0 Å². The van der Waals surface area contributed by atoms with E-state index in [2.05, 4.69) is 9.97 Å². The molecular formula is C15H16N4O5. The molecule has 0 saturated carbocycles. The summed E-state index contributed by atoms with van der Waals surface area (Å²) in [6, 6.07) is 4.32. The molecule has 1 amide bonds. The van der Waals surface area contributed by atoms with Crippen molar-refractivity contribution in [2.24, 2.45) is 0 Å². The first-order valence-electron chi connectivity index (χ1n) is 7.33. The van der Waals surface area contributed by atoms with Crippen molar-refractivity contribution in [3.05, 3.63) is 35.9 Å². The molecule has 9 nitrogen and oxygen atoms in total. The quantitative estimate of drug-likeness (QED) is 0.873. The fourth-order valence-electron chi connectivity index (χ4n) is 2.43. The number of nitrogens with zero attached hydrogens (tertiary/aromatic N) is 4. The van der Waals surface area contributed by atoms with Gasteiger partial charge < -0.3 is 24.1 Å². The number of carboxylic acids is 1. The molecule has 3 heterocycles. The van der Waals surface area contributed by atoms with Gasteiger partial charge in [-0.25, -0.2) is 9.78 Å². The van der Waals surface area contributed by atoms with Crippen LogP contribution in [0.2, 0.25) is 0 Å². The minimum Gasteiger partial charge on any atom is -0.481 e. The van der Waals surface area contributed by atoms with E-state index in [4.69, 9.17) is 14.3 Å². The molecule has 0 atom stereocenters. The molecule has 24 heavy (non-hydrogen) atoms. The molecular weight excluding hydrogens is 316 g/mol. The Morgan fingerprint density at radius 2 is 1.88 bits per heavy atom. The van der Waals surface area contributed by atoms with Crippen molar-refractivity contribution in [2.45, 2.75) is 0 Å². The molecule has 2 aromatic rings. The fourth-order valence-corrected chi connectivity index (χ4v) is 2.43. The number of aromatic carboxylic acids is 1. The molecule has 0 aromatic carbocycles. The van der Waals surface area contributed by atoms with E-state index in [1.165, 1.54) is 19.2 Å². The van der Waals surface area contributed by atoms with Crippen LogP contribution in [0.4, 0.5) is 5.95 Å². The maximum Gasteiger partial charge on any atom is 0.371 e. The van der Waals surface area contributed by atoms with E-state index in [9.17, 15) is 9.59 Å². The van der Waals surface area contributed by atoms with Crippen molar-refractivity contribution in [1.82, 2.24) is 14.9 Å². The predicted molar refractivity (Wildman–Crippen MR) is 82.4 cm³/mol. The van der Waals surface area contributed by atoms with Crippen molar-refractivity contribution in [2.75, 3.05) is 38.2 Å². The number of rotatable bonds is 4. The minimum atomic E-state index is -1.20. The molecule has 1 fully saturated rings. The fraction of sp³-hybridized carbons (Fsp3) is 0.333. The van der Waals surface area contributed by atoms with Crippen LogP contribution < -0.4 is 9.64 Å². The van der Waals surface area contributed by atoms with Gasteiger partial charge in [-0.05, 0) is 12.1 Å². The Labute approximate surface area is 137 Å². The summed E-state index contributed by atoms with van der Waals surface area (Å²) in [5, 5.41) is 8.84. The number of furan rings is 1. The number of carbonyl (C=O) groups excluding carboxylic acids is 1. The number of ether oxygens (including phenoxy) is 1. The third kappa shape index (κ3) is 3.14. The van der Waals surface area contributed by atoms with E-state index in [0.29, 0.717) is 38.0 Å². The summed E-state index contributed by atoms with van der Waals surface area (Å²) in [6.45, 7) is 2.04. The van der Waals surface area contributed by atoms with Crippen LogP contribution in [-0.2, 0) is 0 Å². The second-order valence-electron chi connectivity index (χ2n) is 5.15. The molecule has 1 N–H and O–H groups in total. The van der Waals surface area contributed by atoms with Crippen LogP contribution >= 0.6 is 0 Å². The molecule has 0 bridgehead atoms. The Kier molecular flexibility index (Phi) is 4.32. The Balaban J connectivity index is 1.63. The highest BCUT2D eigenvalue weighted by atomic mass is 16.5. The Bertz CT molecular complexity index is 752. The first-order valence-corrected chi connectivity index (χ1v) is 7.33. The van der Waals surface area contributed by atoms with Crippen LogP contribution in [0.15, 0.2) is 28.8 Å². The molecule has 1 saturated heterocycles. The van der Waals surface area contributed by atoms with Crippen LogP contribution in [0.3, 0.4) is 0 Å². The van der Waals surface area contributed by atoms with E-state index < -0.39 is 5.97 Å². The third-order valence-corrected chi connectivity index (χ3v) is 3.70. The summed E-state index contributed by atoms with van der Waals surface area (Å²) in [4.78, 5) is 35.2. The number of aromatic nitrogens is 2. The van der Waals surface area contributed by atoms with Crippen LogP contribution in [0.1, 0.15) is 21.1 Å². The van der Waals surface area contributed by atoms with Crippen LogP contribution in [0, 0.1) is 0 Å². The second-order valence-corrected chi connectivity index (χ2v) is 5.15. The lowest BCUT2D eigenvalue weighted by molar-refractivity contribution is 0.0648. The van der Waals surface area contributed by atoms with Gasteiger partial charge in [0, 0.05) is 38.4 Å².